The highest BCUT2D eigenvalue weighted by atomic mass is 35.5. The molecule has 8 rings (SSSR count). The fourth-order valence-electron chi connectivity index (χ4n) is 10.7. The molecule has 79 heavy (non-hydrogen) atoms. The van der Waals surface area contributed by atoms with E-state index in [9.17, 15) is 34.7 Å². The molecule has 5 heterocycles. The number of rotatable bonds is 18. The molecule has 3 fully saturated rings. The number of amides is 4. The average Bonchev–Trinajstić information content (AvgIpc) is 4.06. The van der Waals surface area contributed by atoms with Crippen molar-refractivity contribution in [1.82, 2.24) is 40.3 Å². The lowest BCUT2D eigenvalue weighted by Gasteiger charge is -2.41. The van der Waals surface area contributed by atoms with Gasteiger partial charge in [0.15, 0.2) is 5.82 Å². The average molecular weight is 1120 g/mol. The maximum atomic E-state index is 17.0. The second kappa shape index (κ2) is 25.1. The number of aromatic nitrogens is 3. The lowest BCUT2D eigenvalue weighted by Crippen LogP contribution is -2.58. The number of hydrogen-bond acceptors (Lipinski definition) is 15. The zero-order valence-electron chi connectivity index (χ0n) is 45.9. The van der Waals surface area contributed by atoms with E-state index in [0.717, 1.165) is 58.8 Å². The maximum Gasteiger partial charge on any atom is 0.319 e. The summed E-state index contributed by atoms with van der Waals surface area (Å²) in [5.74, 6) is -1.86. The zero-order valence-corrected chi connectivity index (χ0v) is 47.4. The molecular weight excluding hydrogens is 1050 g/mol. The monoisotopic (exact) mass is 1120 g/mol. The largest absolute Gasteiger partial charge is 0.508 e. The summed E-state index contributed by atoms with van der Waals surface area (Å²) in [6.07, 6.45) is 2.01. The molecule has 3 aliphatic heterocycles. The van der Waals surface area contributed by atoms with E-state index in [-0.39, 0.29) is 97.3 Å². The van der Waals surface area contributed by atoms with Gasteiger partial charge in [-0.3, -0.25) is 24.1 Å². The quantitative estimate of drug-likeness (QED) is 0.0626. The number of carbonyl (C=O) groups is 4. The Labute approximate surface area is 469 Å². The number of fused-ring (bicyclic) bond motifs is 1. The van der Waals surface area contributed by atoms with Crippen molar-refractivity contribution in [2.24, 2.45) is 11.3 Å². The van der Waals surface area contributed by atoms with Gasteiger partial charge in [-0.1, -0.05) is 63.2 Å². The van der Waals surface area contributed by atoms with Crippen LogP contribution in [0.25, 0.3) is 32.5 Å². The Balaban J connectivity index is 0.850. The van der Waals surface area contributed by atoms with Crippen LogP contribution in [-0.4, -0.2) is 153 Å². The van der Waals surface area contributed by atoms with Crippen LogP contribution >= 0.6 is 22.9 Å². The number of nitriles is 1. The van der Waals surface area contributed by atoms with Crippen LogP contribution < -0.4 is 20.3 Å². The van der Waals surface area contributed by atoms with Crippen LogP contribution in [0.5, 0.6) is 11.8 Å². The van der Waals surface area contributed by atoms with Crippen LogP contribution in [0.4, 0.5) is 10.2 Å². The number of piperazine rings is 1. The molecule has 3 saturated heterocycles. The fourth-order valence-corrected chi connectivity index (χ4v) is 11.8. The Bertz CT molecular complexity index is 3120. The number of aliphatic hydroxyl groups excluding tert-OH is 1. The van der Waals surface area contributed by atoms with Crippen LogP contribution in [0.3, 0.4) is 0 Å². The Kier molecular flexibility index (Phi) is 18.6. The van der Waals surface area contributed by atoms with Crippen molar-refractivity contribution in [3.8, 4) is 39.4 Å². The van der Waals surface area contributed by atoms with Gasteiger partial charge in [0.25, 0.3) is 0 Å². The van der Waals surface area contributed by atoms with Crippen molar-refractivity contribution < 1.29 is 43.3 Å². The number of β-amino-alcohol motifs (C(OH)–C–C–N with tert-alkyl or cyclic N) is 1. The summed E-state index contributed by atoms with van der Waals surface area (Å²) in [6, 6.07) is 11.9. The van der Waals surface area contributed by atoms with E-state index in [4.69, 9.17) is 26.1 Å². The van der Waals surface area contributed by atoms with Crippen LogP contribution in [0.2, 0.25) is 5.02 Å². The minimum Gasteiger partial charge on any atom is -0.508 e. The van der Waals surface area contributed by atoms with Gasteiger partial charge < -0.3 is 45.0 Å². The number of ether oxygens (including phenoxy) is 2. The third-order valence-electron chi connectivity index (χ3n) is 15.3. The van der Waals surface area contributed by atoms with Gasteiger partial charge in [-0.05, 0) is 117 Å². The standard InChI is InChI=1S/C58H70ClFN10O8S/c1-9-48(74)69-21-20-68(28-40(69)14-17-61)54-44-27-45(59)49(43-25-41(71)24-33(2)34(43)3)50(60)51(44)65-57(66-54)78-23-22-67-18-15-37(16-19-67)30-77-31-47(73)64-53(58(6,7)8)56(76)70-29-42(72)26-46(70)55(75)63-35(4)38-10-12-39(13-11-38)52-36(5)62-32-79-52/h9-13,24-25,27,32,35,37,40,42,46,53,71-72H,1,14-16,18-23,26,28-31H2,2-8H3,(H,63,75)(H,64,73)/t35-,40-,42+,46-,53+/m0/s1. The van der Waals surface area contributed by atoms with Crippen LogP contribution in [0.15, 0.2) is 60.6 Å². The third-order valence-corrected chi connectivity index (χ3v) is 16.6. The van der Waals surface area contributed by atoms with Gasteiger partial charge in [-0.15, -0.1) is 11.3 Å². The number of phenols is 1. The number of aryl methyl sites for hydroxylation is 2. The number of nitrogens with zero attached hydrogens (tertiary/aromatic N) is 8. The second-order valence-corrected chi connectivity index (χ2v) is 23.2. The summed E-state index contributed by atoms with van der Waals surface area (Å²) >= 11 is 8.44. The molecule has 0 spiro atoms. The first-order valence-electron chi connectivity index (χ1n) is 26.7. The molecule has 21 heteroatoms. The number of piperidine rings is 1. The molecule has 5 atom stereocenters. The van der Waals surface area contributed by atoms with Gasteiger partial charge in [-0.2, -0.15) is 15.2 Å². The van der Waals surface area contributed by atoms with Crippen molar-refractivity contribution in [1.29, 1.82) is 5.26 Å². The summed E-state index contributed by atoms with van der Waals surface area (Å²) in [5.41, 5.74) is 5.87. The summed E-state index contributed by atoms with van der Waals surface area (Å²) in [7, 11) is 0. The highest BCUT2D eigenvalue weighted by Gasteiger charge is 2.45. The summed E-state index contributed by atoms with van der Waals surface area (Å²) < 4.78 is 29.2. The number of likely N-dealkylation sites (tertiary alicyclic amines) is 2. The highest BCUT2D eigenvalue weighted by molar-refractivity contribution is 7.13. The van der Waals surface area contributed by atoms with Crippen molar-refractivity contribution in [3.63, 3.8) is 0 Å². The first-order chi connectivity index (χ1) is 37.6. The maximum absolute atomic E-state index is 17.0. The van der Waals surface area contributed by atoms with Gasteiger partial charge in [-0.25, -0.2) is 9.37 Å². The van der Waals surface area contributed by atoms with Gasteiger partial charge in [0.05, 0.1) is 58.4 Å². The predicted octanol–water partition coefficient (Wildman–Crippen LogP) is 7.44. The SMILES string of the molecule is C=CC(=O)N1CCN(c2nc(OCCN3CCC(COCC(=O)N[C@H](C(=O)N4C[C@H](O)C[C@H]4C(=O)N[C@@H](C)c4ccc(-c5scnc5C)cc4)C(C)(C)C)CC3)nc3c(F)c(-c4cc(O)cc(C)c4C)c(Cl)cc23)C[C@@H]1CC#N. The normalized spacial score (nSPS) is 19.0. The second-order valence-electron chi connectivity index (χ2n) is 21.9. The molecule has 0 bridgehead atoms. The summed E-state index contributed by atoms with van der Waals surface area (Å²) in [5, 5.41) is 37.2. The summed E-state index contributed by atoms with van der Waals surface area (Å²) in [6.45, 7) is 19.6. The molecular formula is C58H70ClFN10O8S. The van der Waals surface area contributed by atoms with Gasteiger partial charge >= 0.3 is 6.01 Å². The lowest BCUT2D eigenvalue weighted by atomic mass is 9.85. The van der Waals surface area contributed by atoms with E-state index < -0.39 is 47.3 Å². The van der Waals surface area contributed by atoms with Gasteiger partial charge in [0, 0.05) is 50.1 Å². The van der Waals surface area contributed by atoms with Crippen molar-refractivity contribution in [2.75, 3.05) is 70.5 Å². The van der Waals surface area contributed by atoms with E-state index in [0.29, 0.717) is 36.5 Å². The fraction of sp³-hybridized carbons (Fsp3) is 0.483. The van der Waals surface area contributed by atoms with E-state index >= 15 is 4.39 Å². The molecule has 0 aliphatic carbocycles. The minimum atomic E-state index is -0.999. The lowest BCUT2D eigenvalue weighted by molar-refractivity contribution is -0.144. The Morgan fingerprint density at radius 3 is 2.43 bits per heavy atom. The minimum absolute atomic E-state index is 0.0389. The van der Waals surface area contributed by atoms with E-state index in [2.05, 4.69) is 38.1 Å². The molecule has 4 N–H and O–H groups in total. The molecule has 5 aromatic rings. The number of thiazole rings is 1. The van der Waals surface area contributed by atoms with Crippen LogP contribution in [0, 0.1) is 49.3 Å². The molecule has 4 amide bonds. The van der Waals surface area contributed by atoms with Crippen molar-refractivity contribution in [3.05, 3.63) is 93.9 Å². The number of aromatic hydroxyl groups is 1. The Morgan fingerprint density at radius 2 is 1.76 bits per heavy atom. The number of halogens is 2. The molecule has 420 valence electrons. The molecule has 0 radical (unpaired) electrons. The van der Waals surface area contributed by atoms with E-state index in [1.54, 1.807) is 28.4 Å². The number of hydrogen-bond donors (Lipinski definition) is 4. The highest BCUT2D eigenvalue weighted by Crippen LogP contribution is 2.42. The van der Waals surface area contributed by atoms with Crippen molar-refractivity contribution in [2.45, 2.75) is 104 Å². The Hall–Kier alpha value is -6.76. The molecule has 3 aromatic carbocycles. The number of carbonyl (C=O) groups excluding carboxylic acids is 4. The smallest absolute Gasteiger partial charge is 0.319 e. The summed E-state index contributed by atoms with van der Waals surface area (Å²) in [4.78, 5) is 76.1. The molecule has 0 unspecified atom stereocenters. The number of anilines is 1. The topological polar surface area (TPSA) is 227 Å². The molecule has 3 aliphatic rings. The number of benzene rings is 3. The van der Waals surface area contributed by atoms with E-state index in [1.807, 2.05) is 83.1 Å². The van der Waals surface area contributed by atoms with Gasteiger partial charge in [0.1, 0.15) is 42.4 Å². The van der Waals surface area contributed by atoms with Crippen LogP contribution in [0.1, 0.15) is 81.8 Å². The number of aliphatic hydroxyl groups is 1. The zero-order chi connectivity index (χ0) is 56.9. The first kappa shape index (κ1) is 58.4. The Morgan fingerprint density at radius 1 is 1.03 bits per heavy atom. The van der Waals surface area contributed by atoms with Gasteiger partial charge in [0.2, 0.25) is 23.6 Å². The predicted molar refractivity (Wildman–Crippen MR) is 301 cm³/mol. The first-order valence-corrected chi connectivity index (χ1v) is 28.0. The number of phenolic OH excluding ortho intramolecular Hbond substituents is 1. The molecule has 2 aromatic heterocycles. The van der Waals surface area contributed by atoms with E-state index in [1.165, 1.54) is 17.0 Å². The third kappa shape index (κ3) is 13.5. The van der Waals surface area contributed by atoms with Crippen LogP contribution in [-0.2, 0) is 23.9 Å². The number of nitrogens with one attached hydrogen (secondary N) is 2. The van der Waals surface area contributed by atoms with Crippen molar-refractivity contribution >= 4 is 63.3 Å². The molecule has 0 saturated carbocycles. The molecule has 18 nitrogen and oxygen atoms in total.